The highest BCUT2D eigenvalue weighted by Gasteiger charge is 2.48. The molecule has 0 amide bonds. The molecule has 1 nitrogen and oxygen atoms in total. The van der Waals surface area contributed by atoms with Gasteiger partial charge in [-0.25, -0.2) is 0 Å². The normalized spacial score (nSPS) is 16.0. The van der Waals surface area contributed by atoms with Crippen LogP contribution in [0.3, 0.4) is 0 Å². The SMILES string of the molecule is CC(C)(C)c1cccc(C2(O)c3ccccc3C(C)(C)c3ccccc32)c1-c1ccc(Cl)cc1. The third-order valence-electron chi connectivity index (χ3n) is 7.38. The summed E-state index contributed by atoms with van der Waals surface area (Å²) in [5, 5.41) is 13.6. The van der Waals surface area contributed by atoms with E-state index in [4.69, 9.17) is 11.6 Å². The Hall–Kier alpha value is -2.87. The molecule has 0 spiro atoms. The van der Waals surface area contributed by atoms with Gasteiger partial charge >= 0.3 is 0 Å². The number of aliphatic hydroxyl groups is 1. The van der Waals surface area contributed by atoms with Crippen LogP contribution in [0.1, 0.15) is 68.0 Å². The molecule has 1 aliphatic carbocycles. The van der Waals surface area contributed by atoms with Crippen molar-refractivity contribution in [3.8, 4) is 11.1 Å². The lowest BCUT2D eigenvalue weighted by molar-refractivity contribution is 0.117. The van der Waals surface area contributed by atoms with E-state index in [1.165, 1.54) is 5.56 Å². The third kappa shape index (κ3) is 3.34. The molecule has 0 fully saturated rings. The van der Waals surface area contributed by atoms with Crippen LogP contribution in [0.15, 0.2) is 91.0 Å². The topological polar surface area (TPSA) is 20.2 Å². The van der Waals surface area contributed by atoms with Gasteiger partial charge in [-0.3, -0.25) is 0 Å². The highest BCUT2D eigenvalue weighted by atomic mass is 35.5. The Morgan fingerprint density at radius 1 is 0.618 bits per heavy atom. The molecule has 0 bridgehead atoms. The fraction of sp³-hybridized carbons (Fsp3) is 0.250. The van der Waals surface area contributed by atoms with Crippen LogP contribution in [-0.2, 0) is 16.4 Å². The van der Waals surface area contributed by atoms with Crippen LogP contribution < -0.4 is 0 Å². The lowest BCUT2D eigenvalue weighted by Crippen LogP contribution is -2.41. The first-order chi connectivity index (χ1) is 16.1. The monoisotopic (exact) mass is 466 g/mol. The molecule has 4 aromatic carbocycles. The Balaban J connectivity index is 1.93. The maximum atomic E-state index is 12.9. The predicted molar refractivity (Wildman–Crippen MR) is 143 cm³/mol. The largest absolute Gasteiger partial charge is 0.376 e. The van der Waals surface area contributed by atoms with Gasteiger partial charge in [-0.15, -0.1) is 0 Å². The molecule has 0 aliphatic heterocycles. The van der Waals surface area contributed by atoms with Crippen LogP contribution >= 0.6 is 11.6 Å². The van der Waals surface area contributed by atoms with Crippen LogP contribution in [-0.4, -0.2) is 5.11 Å². The number of rotatable bonds is 2. The van der Waals surface area contributed by atoms with Gasteiger partial charge in [0.05, 0.1) is 0 Å². The Bertz CT molecular complexity index is 1320. The van der Waals surface area contributed by atoms with E-state index < -0.39 is 5.60 Å². The number of hydrogen-bond acceptors (Lipinski definition) is 1. The first-order valence-corrected chi connectivity index (χ1v) is 12.3. The van der Waals surface area contributed by atoms with Crippen molar-refractivity contribution >= 4 is 11.6 Å². The maximum absolute atomic E-state index is 12.9. The fourth-order valence-electron chi connectivity index (χ4n) is 5.67. The molecule has 0 radical (unpaired) electrons. The fourth-order valence-corrected chi connectivity index (χ4v) is 5.80. The van der Waals surface area contributed by atoms with E-state index in [9.17, 15) is 5.11 Å². The van der Waals surface area contributed by atoms with Gasteiger partial charge in [-0.05, 0) is 56.5 Å². The molecule has 0 unspecified atom stereocenters. The van der Waals surface area contributed by atoms with Gasteiger partial charge < -0.3 is 5.11 Å². The summed E-state index contributed by atoms with van der Waals surface area (Å²) in [4.78, 5) is 0. The molecule has 0 atom stereocenters. The minimum absolute atomic E-state index is 0.117. The summed E-state index contributed by atoms with van der Waals surface area (Å²) in [6.07, 6.45) is 0. The number of halogens is 1. The van der Waals surface area contributed by atoms with Crippen molar-refractivity contribution in [1.29, 1.82) is 0 Å². The first kappa shape index (κ1) is 22.9. The number of hydrogen-bond donors (Lipinski definition) is 1. The summed E-state index contributed by atoms with van der Waals surface area (Å²) < 4.78 is 0. The zero-order chi connectivity index (χ0) is 24.3. The molecular weight excluding hydrogens is 436 g/mol. The van der Waals surface area contributed by atoms with Crippen LogP contribution in [0.4, 0.5) is 0 Å². The molecule has 1 aliphatic rings. The van der Waals surface area contributed by atoms with E-state index in [1.807, 2.05) is 24.3 Å². The summed E-state index contributed by atoms with van der Waals surface area (Å²) in [6.45, 7) is 11.2. The zero-order valence-corrected chi connectivity index (χ0v) is 21.2. The quantitative estimate of drug-likeness (QED) is 0.315. The molecule has 172 valence electrons. The minimum atomic E-state index is -1.29. The van der Waals surface area contributed by atoms with Gasteiger partial charge in [-0.2, -0.15) is 0 Å². The number of benzene rings is 4. The van der Waals surface area contributed by atoms with Gasteiger partial charge in [0.2, 0.25) is 0 Å². The first-order valence-electron chi connectivity index (χ1n) is 11.9. The Morgan fingerprint density at radius 2 is 1.09 bits per heavy atom. The van der Waals surface area contributed by atoms with Crippen LogP contribution in [0.2, 0.25) is 5.02 Å². The predicted octanol–water partition coefficient (Wildman–Crippen LogP) is 8.23. The van der Waals surface area contributed by atoms with Crippen LogP contribution in [0, 0.1) is 0 Å². The Morgan fingerprint density at radius 3 is 1.59 bits per heavy atom. The van der Waals surface area contributed by atoms with Gasteiger partial charge in [0.1, 0.15) is 5.60 Å². The third-order valence-corrected chi connectivity index (χ3v) is 7.63. The van der Waals surface area contributed by atoms with E-state index in [0.29, 0.717) is 5.02 Å². The highest BCUT2D eigenvalue weighted by Crippen LogP contribution is 2.53. The van der Waals surface area contributed by atoms with Crippen molar-refractivity contribution in [3.05, 3.63) is 129 Å². The molecule has 0 saturated carbocycles. The summed E-state index contributed by atoms with van der Waals surface area (Å²) >= 11 is 6.26. The van der Waals surface area contributed by atoms with Gasteiger partial charge in [-0.1, -0.05) is 125 Å². The molecule has 0 saturated heterocycles. The van der Waals surface area contributed by atoms with Crippen molar-refractivity contribution in [2.24, 2.45) is 0 Å². The zero-order valence-electron chi connectivity index (χ0n) is 20.5. The maximum Gasteiger partial charge on any atom is 0.141 e. The van der Waals surface area contributed by atoms with Gasteiger partial charge in [0, 0.05) is 16.0 Å². The second kappa shape index (κ2) is 7.83. The second-order valence-corrected chi connectivity index (χ2v) is 11.3. The highest BCUT2D eigenvalue weighted by molar-refractivity contribution is 6.30. The second-order valence-electron chi connectivity index (χ2n) is 10.9. The van der Waals surface area contributed by atoms with E-state index in [-0.39, 0.29) is 10.8 Å². The lowest BCUT2D eigenvalue weighted by atomic mass is 9.60. The summed E-state index contributed by atoms with van der Waals surface area (Å²) in [7, 11) is 0. The summed E-state index contributed by atoms with van der Waals surface area (Å²) in [6, 6.07) is 31.0. The van der Waals surface area contributed by atoms with E-state index >= 15 is 0 Å². The molecule has 0 aromatic heterocycles. The molecule has 1 N–H and O–H groups in total. The average molecular weight is 467 g/mol. The van der Waals surface area contributed by atoms with Crippen molar-refractivity contribution in [2.75, 3.05) is 0 Å². The van der Waals surface area contributed by atoms with Gasteiger partial charge in [0.15, 0.2) is 0 Å². The minimum Gasteiger partial charge on any atom is -0.376 e. The van der Waals surface area contributed by atoms with E-state index in [1.54, 1.807) is 0 Å². The molecule has 4 aromatic rings. The van der Waals surface area contributed by atoms with E-state index in [0.717, 1.165) is 38.9 Å². The molecule has 2 heteroatoms. The standard InChI is InChI=1S/C32H31ClO/c1-30(2,3)27-15-10-16-28(29(27)21-17-19-22(33)20-18-21)32(34)25-13-8-6-11-23(25)31(4,5)24-12-7-9-14-26(24)32/h6-20,34H,1-5H3. The lowest BCUT2D eigenvalue weighted by Gasteiger charge is -2.45. The summed E-state index contributed by atoms with van der Waals surface area (Å²) in [5.74, 6) is 0. The van der Waals surface area contributed by atoms with Crippen molar-refractivity contribution in [1.82, 2.24) is 0 Å². The molecule has 34 heavy (non-hydrogen) atoms. The Kier molecular flexibility index (Phi) is 5.28. The number of fused-ring (bicyclic) bond motifs is 2. The summed E-state index contributed by atoms with van der Waals surface area (Å²) in [5.41, 5.74) is 6.78. The molecular formula is C32H31ClO. The van der Waals surface area contributed by atoms with Crippen molar-refractivity contribution in [3.63, 3.8) is 0 Å². The average Bonchev–Trinajstić information content (AvgIpc) is 2.82. The van der Waals surface area contributed by atoms with Crippen LogP contribution in [0.25, 0.3) is 11.1 Å². The Labute approximate surface area is 208 Å². The van der Waals surface area contributed by atoms with E-state index in [2.05, 4.69) is 101 Å². The van der Waals surface area contributed by atoms with Crippen molar-refractivity contribution < 1.29 is 5.11 Å². The van der Waals surface area contributed by atoms with Gasteiger partial charge in [0.25, 0.3) is 0 Å². The molecule has 5 rings (SSSR count). The van der Waals surface area contributed by atoms with Crippen molar-refractivity contribution in [2.45, 2.75) is 51.0 Å². The van der Waals surface area contributed by atoms with Crippen LogP contribution in [0.5, 0.6) is 0 Å². The smallest absolute Gasteiger partial charge is 0.141 e. The molecule has 0 heterocycles.